The molecule has 0 saturated heterocycles. The zero-order valence-electron chi connectivity index (χ0n) is 9.41. The molecular weight excluding hydrogens is 321 g/mol. The lowest BCUT2D eigenvalue weighted by molar-refractivity contribution is 0.0695. The number of benzene rings is 1. The molecule has 0 aliphatic carbocycles. The maximum atomic E-state index is 12.0. The van der Waals surface area contributed by atoms with Crippen LogP contribution in [0.15, 0.2) is 27.6 Å². The molecule has 1 heterocycles. The fourth-order valence-corrected chi connectivity index (χ4v) is 2.30. The molecule has 6 heteroatoms. The molecule has 0 amide bonds. The van der Waals surface area contributed by atoms with Gasteiger partial charge in [-0.3, -0.25) is 4.79 Å². The van der Waals surface area contributed by atoms with Crippen molar-refractivity contribution in [1.82, 2.24) is 4.57 Å². The normalized spacial score (nSPS) is 10.8. The number of carboxylic acid groups (broad SMARTS) is 1. The van der Waals surface area contributed by atoms with E-state index >= 15 is 0 Å². The molecule has 0 aliphatic heterocycles. The van der Waals surface area contributed by atoms with Gasteiger partial charge in [0.2, 0.25) is 5.43 Å². The zero-order chi connectivity index (χ0) is 13.4. The van der Waals surface area contributed by atoms with Crippen molar-refractivity contribution in [2.45, 2.75) is 13.5 Å². The first-order valence-electron chi connectivity index (χ1n) is 5.21. The van der Waals surface area contributed by atoms with E-state index in [1.165, 1.54) is 6.20 Å². The molecule has 1 N–H and O–H groups in total. The largest absolute Gasteiger partial charge is 0.477 e. The highest BCUT2D eigenvalue weighted by atomic mass is 79.9. The van der Waals surface area contributed by atoms with Gasteiger partial charge in [0, 0.05) is 22.6 Å². The second kappa shape index (κ2) is 4.74. The van der Waals surface area contributed by atoms with Crippen molar-refractivity contribution in [2.75, 3.05) is 0 Å². The fourth-order valence-electron chi connectivity index (χ4n) is 1.80. The van der Waals surface area contributed by atoms with E-state index < -0.39 is 11.4 Å². The van der Waals surface area contributed by atoms with Crippen molar-refractivity contribution in [2.24, 2.45) is 0 Å². The summed E-state index contributed by atoms with van der Waals surface area (Å²) in [6.45, 7) is 2.42. The van der Waals surface area contributed by atoms with Gasteiger partial charge in [0.05, 0.1) is 10.5 Å². The molecule has 0 saturated carbocycles. The fraction of sp³-hybridized carbons (Fsp3) is 0.167. The molecule has 94 valence electrons. The third-order valence-electron chi connectivity index (χ3n) is 2.69. The Morgan fingerprint density at radius 1 is 1.50 bits per heavy atom. The van der Waals surface area contributed by atoms with E-state index in [2.05, 4.69) is 15.9 Å². The van der Waals surface area contributed by atoms with Gasteiger partial charge in [-0.2, -0.15) is 0 Å². The summed E-state index contributed by atoms with van der Waals surface area (Å²) in [6.07, 6.45) is 1.34. The van der Waals surface area contributed by atoms with E-state index in [4.69, 9.17) is 16.7 Å². The average molecular weight is 331 g/mol. The maximum absolute atomic E-state index is 12.0. The second-order valence-corrected chi connectivity index (χ2v) is 5.01. The van der Waals surface area contributed by atoms with E-state index in [1.54, 1.807) is 16.7 Å². The number of aromatic nitrogens is 1. The van der Waals surface area contributed by atoms with Gasteiger partial charge in [0.1, 0.15) is 5.56 Å². The Kier molecular flexibility index (Phi) is 3.45. The smallest absolute Gasteiger partial charge is 0.341 e. The first-order valence-corrected chi connectivity index (χ1v) is 6.38. The number of hydrogen-bond donors (Lipinski definition) is 1. The summed E-state index contributed by atoms with van der Waals surface area (Å²) in [7, 11) is 0. The Hall–Kier alpha value is -1.33. The quantitative estimate of drug-likeness (QED) is 0.920. The second-order valence-electron chi connectivity index (χ2n) is 3.75. The molecular formula is C12H9BrClNO3. The molecule has 2 rings (SSSR count). The van der Waals surface area contributed by atoms with E-state index in [0.717, 1.165) is 0 Å². The predicted octanol–water partition coefficient (Wildman–Crippen LogP) is 3.14. The summed E-state index contributed by atoms with van der Waals surface area (Å²) in [5.41, 5.74) is -0.112. The van der Waals surface area contributed by atoms with Crippen LogP contribution in [-0.4, -0.2) is 15.6 Å². The molecule has 0 unspecified atom stereocenters. The van der Waals surface area contributed by atoms with Crippen molar-refractivity contribution in [3.05, 3.63) is 43.6 Å². The van der Waals surface area contributed by atoms with Crippen molar-refractivity contribution < 1.29 is 9.90 Å². The molecule has 0 spiro atoms. The summed E-state index contributed by atoms with van der Waals surface area (Å²) >= 11 is 9.22. The van der Waals surface area contributed by atoms with E-state index in [0.29, 0.717) is 26.9 Å². The minimum absolute atomic E-state index is 0.237. The summed E-state index contributed by atoms with van der Waals surface area (Å²) in [4.78, 5) is 23.1. The van der Waals surface area contributed by atoms with Crippen molar-refractivity contribution in [1.29, 1.82) is 0 Å². The summed E-state index contributed by atoms with van der Waals surface area (Å²) < 4.78 is 2.26. The molecule has 1 aromatic heterocycles. The third kappa shape index (κ3) is 2.04. The molecule has 0 aliphatic rings. The SMILES string of the molecule is CCn1cc(C(=O)O)c(=O)c2cc(Br)c(Cl)cc21. The van der Waals surface area contributed by atoms with Crippen LogP contribution in [0.2, 0.25) is 5.02 Å². The summed E-state index contributed by atoms with van der Waals surface area (Å²) in [5, 5.41) is 9.84. The number of pyridine rings is 1. The number of aryl methyl sites for hydroxylation is 1. The van der Waals surface area contributed by atoms with E-state index in [-0.39, 0.29) is 5.56 Å². The number of hydrogen-bond acceptors (Lipinski definition) is 2. The first kappa shape index (κ1) is 13.1. The van der Waals surface area contributed by atoms with Crippen LogP contribution in [0.4, 0.5) is 0 Å². The van der Waals surface area contributed by atoms with Gasteiger partial charge >= 0.3 is 5.97 Å². The standard InChI is InChI=1S/C12H9BrClNO3/c1-2-15-5-7(12(17)18)11(16)6-3-8(13)9(14)4-10(6)15/h3-5H,2H2,1H3,(H,17,18). The van der Waals surface area contributed by atoms with Gasteiger partial charge in [-0.15, -0.1) is 0 Å². The van der Waals surface area contributed by atoms with Crippen LogP contribution < -0.4 is 5.43 Å². The van der Waals surface area contributed by atoms with Crippen LogP contribution in [0.5, 0.6) is 0 Å². The molecule has 0 fully saturated rings. The maximum Gasteiger partial charge on any atom is 0.341 e. The van der Waals surface area contributed by atoms with E-state index in [1.807, 2.05) is 6.92 Å². The predicted molar refractivity (Wildman–Crippen MR) is 73.6 cm³/mol. The Labute approximate surface area is 116 Å². The molecule has 18 heavy (non-hydrogen) atoms. The minimum Gasteiger partial charge on any atom is -0.477 e. The Balaban J connectivity index is 2.99. The molecule has 1 aromatic carbocycles. The van der Waals surface area contributed by atoms with Crippen LogP contribution in [-0.2, 0) is 6.54 Å². The number of carboxylic acids is 1. The van der Waals surface area contributed by atoms with Gasteiger partial charge in [-0.25, -0.2) is 4.79 Å². The first-order chi connectivity index (χ1) is 8.45. The molecule has 2 aromatic rings. The highest BCUT2D eigenvalue weighted by Crippen LogP contribution is 2.27. The number of aromatic carboxylic acids is 1. The number of carbonyl (C=O) groups is 1. The van der Waals surface area contributed by atoms with Crippen LogP contribution in [0.25, 0.3) is 10.9 Å². The molecule has 4 nitrogen and oxygen atoms in total. The zero-order valence-corrected chi connectivity index (χ0v) is 11.7. The Morgan fingerprint density at radius 2 is 2.17 bits per heavy atom. The summed E-state index contributed by atoms with van der Waals surface area (Å²) in [5.74, 6) is -1.23. The van der Waals surface area contributed by atoms with E-state index in [9.17, 15) is 9.59 Å². The van der Waals surface area contributed by atoms with Crippen molar-refractivity contribution in [3.63, 3.8) is 0 Å². The number of nitrogens with zero attached hydrogens (tertiary/aromatic N) is 1. The minimum atomic E-state index is -1.23. The van der Waals surface area contributed by atoms with Gasteiger partial charge < -0.3 is 9.67 Å². The number of halogens is 2. The van der Waals surface area contributed by atoms with Crippen LogP contribution in [0.3, 0.4) is 0 Å². The lowest BCUT2D eigenvalue weighted by Gasteiger charge is -2.11. The van der Waals surface area contributed by atoms with Crippen LogP contribution in [0, 0.1) is 0 Å². The van der Waals surface area contributed by atoms with Gasteiger partial charge in [0.15, 0.2) is 0 Å². The highest BCUT2D eigenvalue weighted by molar-refractivity contribution is 9.10. The monoisotopic (exact) mass is 329 g/mol. The highest BCUT2D eigenvalue weighted by Gasteiger charge is 2.15. The Morgan fingerprint density at radius 3 is 2.72 bits per heavy atom. The Bertz CT molecular complexity index is 709. The van der Waals surface area contributed by atoms with Crippen LogP contribution >= 0.6 is 27.5 Å². The lowest BCUT2D eigenvalue weighted by atomic mass is 10.1. The summed E-state index contributed by atoms with van der Waals surface area (Å²) in [6, 6.07) is 3.20. The lowest BCUT2D eigenvalue weighted by Crippen LogP contribution is -2.18. The number of fused-ring (bicyclic) bond motifs is 1. The van der Waals surface area contributed by atoms with Gasteiger partial charge in [0.25, 0.3) is 0 Å². The van der Waals surface area contributed by atoms with Crippen molar-refractivity contribution in [3.8, 4) is 0 Å². The van der Waals surface area contributed by atoms with Crippen LogP contribution in [0.1, 0.15) is 17.3 Å². The van der Waals surface area contributed by atoms with Gasteiger partial charge in [-0.05, 0) is 35.0 Å². The molecule has 0 radical (unpaired) electrons. The van der Waals surface area contributed by atoms with Gasteiger partial charge in [-0.1, -0.05) is 11.6 Å². The average Bonchev–Trinajstić information content (AvgIpc) is 2.32. The van der Waals surface area contributed by atoms with Crippen molar-refractivity contribution >= 4 is 44.4 Å². The molecule has 0 atom stereocenters. The third-order valence-corrected chi connectivity index (χ3v) is 3.89. The number of rotatable bonds is 2. The molecule has 0 bridgehead atoms. The topological polar surface area (TPSA) is 59.3 Å².